The molecule has 2 aromatic heterocycles. The van der Waals surface area contributed by atoms with Crippen molar-refractivity contribution in [2.45, 2.75) is 17.7 Å². The molecule has 1 amide bonds. The first-order chi connectivity index (χ1) is 15.0. The number of aromatic nitrogens is 2. The first-order valence-corrected chi connectivity index (χ1v) is 12.3. The third kappa shape index (κ3) is 3.65. The normalized spacial score (nSPS) is 14.8. The minimum atomic E-state index is -3.65. The van der Waals surface area contributed by atoms with Crippen molar-refractivity contribution < 1.29 is 13.2 Å². The number of carbonyl (C=O) groups excluding carboxylic acids is 1. The fourth-order valence-electron chi connectivity index (χ4n) is 3.79. The molecular weight excluding hydrogens is 432 g/mol. The Balaban J connectivity index is 1.37. The van der Waals surface area contributed by atoms with Crippen LogP contribution in [0.3, 0.4) is 0 Å². The van der Waals surface area contributed by atoms with Gasteiger partial charge in [-0.25, -0.2) is 13.4 Å². The molecule has 0 atom stereocenters. The number of hydrogen-bond donors (Lipinski definition) is 1. The summed E-state index contributed by atoms with van der Waals surface area (Å²) in [5, 5.41) is 4.46. The van der Waals surface area contributed by atoms with Gasteiger partial charge in [0.15, 0.2) is 0 Å². The number of amides is 1. The number of rotatable bonds is 5. The van der Waals surface area contributed by atoms with Gasteiger partial charge in [-0.15, -0.1) is 11.3 Å². The Bertz CT molecular complexity index is 1350. The SMILES string of the molecule is O=C(Nc1ccc(-n2cnc3ccccc32)cc1)c1sccc1S(=O)(=O)N1CCCC1. The van der Waals surface area contributed by atoms with E-state index in [2.05, 4.69) is 10.3 Å². The number of nitrogens with zero attached hydrogens (tertiary/aromatic N) is 3. The van der Waals surface area contributed by atoms with Crippen molar-refractivity contribution in [3.8, 4) is 5.69 Å². The summed E-state index contributed by atoms with van der Waals surface area (Å²) in [6.45, 7) is 1.01. The molecule has 1 aliphatic rings. The molecule has 1 N–H and O–H groups in total. The Morgan fingerprint density at radius 1 is 1.00 bits per heavy atom. The maximum Gasteiger partial charge on any atom is 0.267 e. The number of carbonyl (C=O) groups is 1. The highest BCUT2D eigenvalue weighted by atomic mass is 32.2. The van der Waals surface area contributed by atoms with E-state index in [1.54, 1.807) is 23.8 Å². The number of para-hydroxylation sites is 2. The smallest absolute Gasteiger partial charge is 0.267 e. The van der Waals surface area contributed by atoms with Crippen molar-refractivity contribution in [1.82, 2.24) is 13.9 Å². The summed E-state index contributed by atoms with van der Waals surface area (Å²) in [6.07, 6.45) is 3.46. The van der Waals surface area contributed by atoms with Crippen molar-refractivity contribution >= 4 is 44.0 Å². The van der Waals surface area contributed by atoms with E-state index in [0.717, 1.165) is 40.9 Å². The van der Waals surface area contributed by atoms with Gasteiger partial charge in [-0.1, -0.05) is 12.1 Å². The number of fused-ring (bicyclic) bond motifs is 1. The van der Waals surface area contributed by atoms with E-state index < -0.39 is 15.9 Å². The Morgan fingerprint density at radius 3 is 2.52 bits per heavy atom. The lowest BCUT2D eigenvalue weighted by molar-refractivity contribution is 0.102. The molecule has 5 rings (SSSR count). The third-order valence-corrected chi connectivity index (χ3v) is 8.36. The summed E-state index contributed by atoms with van der Waals surface area (Å²) < 4.78 is 29.2. The molecule has 0 unspecified atom stereocenters. The molecule has 0 aliphatic carbocycles. The monoisotopic (exact) mass is 452 g/mol. The van der Waals surface area contributed by atoms with Crippen LogP contribution in [0.2, 0.25) is 0 Å². The van der Waals surface area contributed by atoms with Crippen LogP contribution in [0.15, 0.2) is 71.2 Å². The highest BCUT2D eigenvalue weighted by Gasteiger charge is 2.31. The number of imidazole rings is 1. The lowest BCUT2D eigenvalue weighted by Gasteiger charge is -2.15. The van der Waals surface area contributed by atoms with E-state index in [4.69, 9.17) is 0 Å². The maximum absolute atomic E-state index is 12.9. The van der Waals surface area contributed by atoms with Crippen LogP contribution >= 0.6 is 11.3 Å². The topological polar surface area (TPSA) is 84.3 Å². The minimum absolute atomic E-state index is 0.0819. The molecule has 158 valence electrons. The van der Waals surface area contributed by atoms with Crippen molar-refractivity contribution in [3.05, 3.63) is 71.2 Å². The Labute approximate surface area is 184 Å². The van der Waals surface area contributed by atoms with Crippen molar-refractivity contribution in [3.63, 3.8) is 0 Å². The van der Waals surface area contributed by atoms with Gasteiger partial charge in [0.1, 0.15) is 16.1 Å². The summed E-state index contributed by atoms with van der Waals surface area (Å²) in [5.41, 5.74) is 3.41. The number of anilines is 1. The molecule has 0 radical (unpaired) electrons. The first-order valence-electron chi connectivity index (χ1n) is 9.95. The zero-order valence-electron chi connectivity index (χ0n) is 16.6. The average Bonchev–Trinajstić information content (AvgIpc) is 3.55. The molecule has 31 heavy (non-hydrogen) atoms. The van der Waals surface area contributed by atoms with E-state index in [0.29, 0.717) is 18.8 Å². The standard InChI is InChI=1S/C22H20N4O3S2/c27-22(21-20(11-14-30-21)31(28,29)25-12-3-4-13-25)24-16-7-9-17(10-8-16)26-15-23-18-5-1-2-6-19(18)26/h1-2,5-11,14-15H,3-4,12-13H2,(H,24,27). The van der Waals surface area contributed by atoms with Crippen LogP contribution in [0.1, 0.15) is 22.5 Å². The van der Waals surface area contributed by atoms with Gasteiger partial charge in [0.05, 0.1) is 11.0 Å². The third-order valence-electron chi connectivity index (χ3n) is 5.38. The fraction of sp³-hybridized carbons (Fsp3) is 0.182. The molecule has 9 heteroatoms. The van der Waals surface area contributed by atoms with Crippen molar-refractivity contribution in [1.29, 1.82) is 0 Å². The molecule has 4 aromatic rings. The number of sulfonamides is 1. The molecule has 0 saturated carbocycles. The van der Waals surface area contributed by atoms with Gasteiger partial charge in [0.25, 0.3) is 5.91 Å². The predicted molar refractivity (Wildman–Crippen MR) is 121 cm³/mol. The van der Waals surface area contributed by atoms with Crippen LogP contribution < -0.4 is 5.32 Å². The van der Waals surface area contributed by atoms with Gasteiger partial charge in [-0.2, -0.15) is 4.31 Å². The quantitative estimate of drug-likeness (QED) is 0.494. The highest BCUT2D eigenvalue weighted by molar-refractivity contribution is 7.89. The lowest BCUT2D eigenvalue weighted by Crippen LogP contribution is -2.29. The largest absolute Gasteiger partial charge is 0.321 e. The average molecular weight is 453 g/mol. The molecule has 1 fully saturated rings. The van der Waals surface area contributed by atoms with Gasteiger partial charge < -0.3 is 5.32 Å². The zero-order valence-corrected chi connectivity index (χ0v) is 18.2. The van der Waals surface area contributed by atoms with E-state index in [1.165, 1.54) is 10.4 Å². The molecule has 1 saturated heterocycles. The molecule has 0 bridgehead atoms. The van der Waals surface area contributed by atoms with Crippen LogP contribution in [-0.4, -0.2) is 41.3 Å². The minimum Gasteiger partial charge on any atom is -0.321 e. The Hall–Kier alpha value is -3.01. The second-order valence-corrected chi connectivity index (χ2v) is 10.2. The predicted octanol–water partition coefficient (Wildman–Crippen LogP) is 4.12. The van der Waals surface area contributed by atoms with Crippen LogP contribution in [0.5, 0.6) is 0 Å². The van der Waals surface area contributed by atoms with Gasteiger partial charge in [-0.3, -0.25) is 9.36 Å². The van der Waals surface area contributed by atoms with E-state index in [1.807, 2.05) is 41.0 Å². The zero-order chi connectivity index (χ0) is 21.4. The summed E-state index contributed by atoms with van der Waals surface area (Å²) in [4.78, 5) is 17.5. The van der Waals surface area contributed by atoms with Gasteiger partial charge in [-0.05, 0) is 60.7 Å². The maximum atomic E-state index is 12.9. The number of benzene rings is 2. The van der Waals surface area contributed by atoms with E-state index in [9.17, 15) is 13.2 Å². The second-order valence-electron chi connectivity index (χ2n) is 7.33. The Morgan fingerprint density at radius 2 is 1.74 bits per heavy atom. The lowest BCUT2D eigenvalue weighted by atomic mass is 10.2. The van der Waals surface area contributed by atoms with Crippen LogP contribution in [-0.2, 0) is 10.0 Å². The molecule has 2 aromatic carbocycles. The summed E-state index contributed by atoms with van der Waals surface area (Å²) >= 11 is 1.13. The van der Waals surface area contributed by atoms with Crippen molar-refractivity contribution in [2.75, 3.05) is 18.4 Å². The Kier molecular flexibility index (Phi) is 5.09. The summed E-state index contributed by atoms with van der Waals surface area (Å²) in [7, 11) is -3.65. The van der Waals surface area contributed by atoms with Crippen LogP contribution in [0, 0.1) is 0 Å². The molecular formula is C22H20N4O3S2. The number of nitrogens with one attached hydrogen (secondary N) is 1. The van der Waals surface area contributed by atoms with Crippen LogP contribution in [0.4, 0.5) is 5.69 Å². The van der Waals surface area contributed by atoms with Crippen LogP contribution in [0.25, 0.3) is 16.7 Å². The molecule has 0 spiro atoms. The van der Waals surface area contributed by atoms with Crippen molar-refractivity contribution in [2.24, 2.45) is 0 Å². The van der Waals surface area contributed by atoms with E-state index >= 15 is 0 Å². The second kappa shape index (κ2) is 7.92. The summed E-state index contributed by atoms with van der Waals surface area (Å²) in [5.74, 6) is -0.423. The highest BCUT2D eigenvalue weighted by Crippen LogP contribution is 2.28. The first kappa shape index (κ1) is 19.9. The molecule has 3 heterocycles. The summed E-state index contributed by atoms with van der Waals surface area (Å²) in [6, 6.07) is 16.7. The fourth-order valence-corrected chi connectivity index (χ4v) is 6.60. The number of hydrogen-bond acceptors (Lipinski definition) is 5. The molecule has 1 aliphatic heterocycles. The van der Waals surface area contributed by atoms with Gasteiger partial charge in [0.2, 0.25) is 10.0 Å². The van der Waals surface area contributed by atoms with E-state index in [-0.39, 0.29) is 9.77 Å². The van der Waals surface area contributed by atoms with Gasteiger partial charge in [0, 0.05) is 24.5 Å². The number of thiophene rings is 1. The molecule has 7 nitrogen and oxygen atoms in total. The van der Waals surface area contributed by atoms with Gasteiger partial charge >= 0.3 is 0 Å².